The van der Waals surface area contributed by atoms with Crippen LogP contribution in [0.25, 0.3) is 0 Å². The molecule has 0 bridgehead atoms. The molecule has 0 radical (unpaired) electrons. The number of benzene rings is 1. The summed E-state index contributed by atoms with van der Waals surface area (Å²) in [6.45, 7) is -0.247. The van der Waals surface area contributed by atoms with Gasteiger partial charge in [-0.3, -0.25) is 4.55 Å². The van der Waals surface area contributed by atoms with E-state index in [2.05, 4.69) is 4.18 Å². The molecule has 0 amide bonds. The number of methoxy groups -OCH3 is 1. The molecule has 0 aliphatic carbocycles. The Hall–Kier alpha value is -1.11. The molecule has 1 aromatic carbocycles. The van der Waals surface area contributed by atoms with Crippen molar-refractivity contribution in [3.05, 3.63) is 29.8 Å². The molecule has 78 valence electrons. The van der Waals surface area contributed by atoms with Crippen LogP contribution in [0, 0.1) is 0 Å². The Bertz CT molecular complexity index is 398. The first-order valence-corrected chi connectivity index (χ1v) is 5.13. The fraction of sp³-hybridized carbons (Fsp3) is 0.250. The molecular weight excluding hydrogens is 208 g/mol. The Morgan fingerprint density at radius 1 is 1.36 bits per heavy atom. The third-order valence-electron chi connectivity index (χ3n) is 1.56. The van der Waals surface area contributed by atoms with Gasteiger partial charge in [-0.1, -0.05) is 18.2 Å². The second kappa shape index (κ2) is 4.41. The highest BCUT2D eigenvalue weighted by Crippen LogP contribution is 2.18. The van der Waals surface area contributed by atoms with Gasteiger partial charge in [0.2, 0.25) is 0 Å². The highest BCUT2D eigenvalue weighted by Gasteiger charge is 2.07. The van der Waals surface area contributed by atoms with Gasteiger partial charge >= 0.3 is 10.4 Å². The van der Waals surface area contributed by atoms with Gasteiger partial charge in [-0.15, -0.1) is 0 Å². The summed E-state index contributed by atoms with van der Waals surface area (Å²) in [7, 11) is -2.94. The second-order valence-corrected chi connectivity index (χ2v) is 3.59. The van der Waals surface area contributed by atoms with Crippen LogP contribution in [0.5, 0.6) is 5.75 Å². The zero-order valence-electron chi connectivity index (χ0n) is 7.50. The van der Waals surface area contributed by atoms with E-state index in [1.807, 2.05) is 0 Å². The summed E-state index contributed by atoms with van der Waals surface area (Å²) >= 11 is 0. The SMILES string of the molecule is COc1ccccc1COS(=O)(=O)O. The Labute approximate surface area is 82.2 Å². The number of hydrogen-bond acceptors (Lipinski definition) is 4. The summed E-state index contributed by atoms with van der Waals surface area (Å²) in [4.78, 5) is 0. The Kier molecular flexibility index (Phi) is 3.45. The topological polar surface area (TPSA) is 72.8 Å². The summed E-state index contributed by atoms with van der Waals surface area (Å²) in [6, 6.07) is 6.77. The van der Waals surface area contributed by atoms with E-state index in [9.17, 15) is 8.42 Å². The lowest BCUT2D eigenvalue weighted by molar-refractivity contribution is 0.255. The van der Waals surface area contributed by atoms with Crippen LogP contribution in [0.1, 0.15) is 5.56 Å². The quantitative estimate of drug-likeness (QED) is 0.763. The minimum absolute atomic E-state index is 0.247. The first-order valence-electron chi connectivity index (χ1n) is 3.76. The van der Waals surface area contributed by atoms with Crippen molar-refractivity contribution < 1.29 is 21.9 Å². The van der Waals surface area contributed by atoms with Gasteiger partial charge in [-0.05, 0) is 6.07 Å². The molecule has 0 fully saturated rings. The van der Waals surface area contributed by atoms with Crippen molar-refractivity contribution in [2.45, 2.75) is 6.61 Å². The van der Waals surface area contributed by atoms with Gasteiger partial charge < -0.3 is 4.74 Å². The van der Waals surface area contributed by atoms with Crippen molar-refractivity contribution in [3.8, 4) is 5.75 Å². The van der Waals surface area contributed by atoms with Gasteiger partial charge in [-0.2, -0.15) is 8.42 Å². The van der Waals surface area contributed by atoms with E-state index >= 15 is 0 Å². The first-order chi connectivity index (χ1) is 6.53. The van der Waals surface area contributed by atoms with Crippen LogP contribution in [0.15, 0.2) is 24.3 Å². The molecule has 0 unspecified atom stereocenters. The van der Waals surface area contributed by atoms with Gasteiger partial charge in [0, 0.05) is 5.56 Å². The van der Waals surface area contributed by atoms with Gasteiger partial charge in [0.15, 0.2) is 0 Å². The van der Waals surface area contributed by atoms with Crippen LogP contribution in [-0.4, -0.2) is 20.1 Å². The van der Waals surface area contributed by atoms with Crippen molar-refractivity contribution in [2.75, 3.05) is 7.11 Å². The minimum Gasteiger partial charge on any atom is -0.496 e. The fourth-order valence-electron chi connectivity index (χ4n) is 0.960. The zero-order valence-corrected chi connectivity index (χ0v) is 8.32. The summed E-state index contributed by atoms with van der Waals surface area (Å²) in [5.74, 6) is 0.510. The van der Waals surface area contributed by atoms with Crippen LogP contribution in [0.4, 0.5) is 0 Å². The molecule has 0 aliphatic heterocycles. The van der Waals surface area contributed by atoms with Gasteiger partial charge in [0.1, 0.15) is 5.75 Å². The number of rotatable bonds is 4. The molecule has 6 heteroatoms. The first kappa shape index (κ1) is 11.0. The predicted octanol–water partition coefficient (Wildman–Crippen LogP) is 1.01. The average Bonchev–Trinajstić information content (AvgIpc) is 2.14. The van der Waals surface area contributed by atoms with Crippen LogP contribution in [0.3, 0.4) is 0 Å². The minimum atomic E-state index is -4.40. The largest absolute Gasteiger partial charge is 0.496 e. The van der Waals surface area contributed by atoms with Crippen LogP contribution in [0.2, 0.25) is 0 Å². The summed E-state index contributed by atoms with van der Waals surface area (Å²) < 4.78 is 38.1. The van der Waals surface area contributed by atoms with E-state index < -0.39 is 10.4 Å². The van der Waals surface area contributed by atoms with Crippen molar-refractivity contribution in [1.82, 2.24) is 0 Å². The predicted molar refractivity (Wildman–Crippen MR) is 49.3 cm³/mol. The highest BCUT2D eigenvalue weighted by atomic mass is 32.3. The van der Waals surface area contributed by atoms with E-state index in [-0.39, 0.29) is 6.61 Å². The molecule has 0 atom stereocenters. The number of hydrogen-bond donors (Lipinski definition) is 1. The highest BCUT2D eigenvalue weighted by molar-refractivity contribution is 7.80. The summed E-state index contributed by atoms with van der Waals surface area (Å²) in [5.41, 5.74) is 0.549. The molecule has 0 aliphatic rings. The number of para-hydroxylation sites is 1. The lowest BCUT2D eigenvalue weighted by Crippen LogP contribution is -2.04. The smallest absolute Gasteiger partial charge is 0.397 e. The molecule has 14 heavy (non-hydrogen) atoms. The molecule has 1 aromatic rings. The normalized spacial score (nSPS) is 11.3. The van der Waals surface area contributed by atoms with Crippen LogP contribution >= 0.6 is 0 Å². The van der Waals surface area contributed by atoms with Gasteiger partial charge in [-0.25, -0.2) is 4.18 Å². The van der Waals surface area contributed by atoms with E-state index in [0.29, 0.717) is 11.3 Å². The molecule has 1 N–H and O–H groups in total. The van der Waals surface area contributed by atoms with Crippen molar-refractivity contribution >= 4 is 10.4 Å². The van der Waals surface area contributed by atoms with Crippen molar-refractivity contribution in [2.24, 2.45) is 0 Å². The van der Waals surface area contributed by atoms with Crippen molar-refractivity contribution in [3.63, 3.8) is 0 Å². The third kappa shape index (κ3) is 3.33. The third-order valence-corrected chi connectivity index (χ3v) is 1.97. The molecule has 0 spiro atoms. The zero-order chi connectivity index (χ0) is 10.6. The Morgan fingerprint density at radius 3 is 2.57 bits per heavy atom. The molecule has 0 heterocycles. The lowest BCUT2D eigenvalue weighted by Gasteiger charge is -2.06. The molecule has 5 nitrogen and oxygen atoms in total. The van der Waals surface area contributed by atoms with E-state index in [0.717, 1.165) is 0 Å². The monoisotopic (exact) mass is 218 g/mol. The van der Waals surface area contributed by atoms with Gasteiger partial charge in [0.25, 0.3) is 0 Å². The fourth-order valence-corrected chi connectivity index (χ4v) is 1.24. The molecule has 0 saturated carbocycles. The van der Waals surface area contributed by atoms with Crippen LogP contribution in [-0.2, 0) is 21.2 Å². The molecular formula is C8H10O5S. The molecule has 1 rings (SSSR count). The standard InChI is InChI=1S/C8H10O5S/c1-12-8-5-3-2-4-7(8)6-13-14(9,10)11/h2-5H,6H2,1H3,(H,9,10,11). The molecule has 0 aromatic heterocycles. The van der Waals surface area contributed by atoms with Crippen LogP contribution < -0.4 is 4.74 Å². The average molecular weight is 218 g/mol. The Morgan fingerprint density at radius 2 is 2.00 bits per heavy atom. The molecule has 0 saturated heterocycles. The van der Waals surface area contributed by atoms with E-state index in [4.69, 9.17) is 9.29 Å². The summed E-state index contributed by atoms with van der Waals surface area (Å²) in [6.07, 6.45) is 0. The number of ether oxygens (including phenoxy) is 1. The second-order valence-electron chi connectivity index (χ2n) is 2.50. The van der Waals surface area contributed by atoms with E-state index in [1.54, 1.807) is 24.3 Å². The van der Waals surface area contributed by atoms with E-state index in [1.165, 1.54) is 7.11 Å². The maximum Gasteiger partial charge on any atom is 0.397 e. The maximum absolute atomic E-state index is 10.3. The summed E-state index contributed by atoms with van der Waals surface area (Å²) in [5, 5.41) is 0. The Balaban J connectivity index is 2.76. The maximum atomic E-state index is 10.3. The van der Waals surface area contributed by atoms with Crippen molar-refractivity contribution in [1.29, 1.82) is 0 Å². The van der Waals surface area contributed by atoms with Gasteiger partial charge in [0.05, 0.1) is 13.7 Å². The lowest BCUT2D eigenvalue weighted by atomic mass is 10.2.